The predicted octanol–water partition coefficient (Wildman–Crippen LogP) is 8.90. The average molecular weight is 756 g/mol. The van der Waals surface area contributed by atoms with Gasteiger partial charge in [-0.15, -0.1) is 0 Å². The van der Waals surface area contributed by atoms with E-state index in [0.717, 1.165) is 0 Å². The first-order chi connectivity index (χ1) is 24.7. The van der Waals surface area contributed by atoms with Crippen LogP contribution in [0.25, 0.3) is 88.0 Å². The summed E-state index contributed by atoms with van der Waals surface area (Å²) in [6, 6.07) is 66.3. The molecule has 2 heteroatoms. The molecule has 0 atom stereocenters. The zero-order valence-electron chi connectivity index (χ0n) is 28.0. The number of hydrogen-bond donors (Lipinski definition) is 0. The molecule has 0 spiro atoms. The van der Waals surface area contributed by atoms with Crippen LogP contribution in [-0.2, 0) is 0 Å². The van der Waals surface area contributed by atoms with E-state index in [0.29, 0.717) is 16.5 Å². The van der Waals surface area contributed by atoms with Crippen LogP contribution in [0.3, 0.4) is 0 Å². The molecule has 0 N–H and O–H groups in total. The SMILES string of the molecule is [GeH3][c]1ccccc1-c1ccccc1-c1cccc2c(-c3ccc4ccccc4c3)c3cccc(-c4ccc[c]5c4-c4cccc[c]4[GeH2]5)c3cc12. The molecule has 10 rings (SSSR count). The van der Waals surface area contributed by atoms with Crippen LogP contribution in [0.2, 0.25) is 0 Å². The molecule has 1 aliphatic heterocycles. The molecule has 0 aromatic heterocycles. The molecule has 234 valence electrons. The van der Waals surface area contributed by atoms with Crippen molar-refractivity contribution in [3.8, 4) is 55.6 Å². The summed E-state index contributed by atoms with van der Waals surface area (Å²) in [4.78, 5) is 0. The van der Waals surface area contributed by atoms with Crippen LogP contribution >= 0.6 is 0 Å². The molecule has 0 bridgehead atoms. The predicted molar refractivity (Wildman–Crippen MR) is 224 cm³/mol. The summed E-state index contributed by atoms with van der Waals surface area (Å²) in [6.07, 6.45) is 0. The molecule has 1 heterocycles. The molecule has 9 aromatic rings. The van der Waals surface area contributed by atoms with Gasteiger partial charge in [-0.25, -0.2) is 0 Å². The minimum absolute atomic E-state index is 0.572. The first kappa shape index (κ1) is 29.7. The van der Waals surface area contributed by atoms with Crippen LogP contribution in [-0.4, -0.2) is 31.9 Å². The Kier molecular flexibility index (Phi) is 7.15. The van der Waals surface area contributed by atoms with Crippen molar-refractivity contribution >= 4 is 77.5 Å². The molecule has 0 fully saturated rings. The van der Waals surface area contributed by atoms with E-state index in [-0.39, 0.29) is 0 Å². The Balaban J connectivity index is 1.33. The van der Waals surface area contributed by atoms with Crippen LogP contribution < -0.4 is 13.2 Å². The minimum atomic E-state index is -1.04. The number of fused-ring (bicyclic) bond motifs is 6. The van der Waals surface area contributed by atoms with Gasteiger partial charge in [0.15, 0.2) is 0 Å². The van der Waals surface area contributed by atoms with Crippen LogP contribution in [0.5, 0.6) is 0 Å². The van der Waals surface area contributed by atoms with Crippen molar-refractivity contribution in [2.75, 3.05) is 0 Å². The fraction of sp³-hybridized carbons (Fsp3) is 0. The molecule has 0 saturated carbocycles. The van der Waals surface area contributed by atoms with Gasteiger partial charge in [-0.1, -0.05) is 6.07 Å². The van der Waals surface area contributed by atoms with E-state index in [9.17, 15) is 0 Å². The maximum atomic E-state index is 2.51. The summed E-state index contributed by atoms with van der Waals surface area (Å²) in [5, 5.41) is 7.73. The van der Waals surface area contributed by atoms with Crippen molar-refractivity contribution in [3.63, 3.8) is 0 Å². The number of hydrogen-bond acceptors (Lipinski definition) is 0. The first-order valence-corrected chi connectivity index (χ1v) is 22.6. The number of benzene rings is 9. The molecular formula is C48H34Ge2. The van der Waals surface area contributed by atoms with Crippen molar-refractivity contribution in [2.45, 2.75) is 0 Å². The molecular weight excluding hydrogens is 722 g/mol. The molecule has 1 aliphatic rings. The topological polar surface area (TPSA) is 0 Å². The Morgan fingerprint density at radius 2 is 0.860 bits per heavy atom. The van der Waals surface area contributed by atoms with Crippen molar-refractivity contribution in [2.24, 2.45) is 0 Å². The normalized spacial score (nSPS) is 12.6. The second-order valence-corrected chi connectivity index (χ2v) is 19.8. The van der Waals surface area contributed by atoms with E-state index in [1.165, 1.54) is 92.3 Å². The Bertz CT molecular complexity index is 2810. The Morgan fingerprint density at radius 1 is 0.320 bits per heavy atom. The first-order valence-electron chi connectivity index (χ1n) is 17.6. The van der Waals surface area contributed by atoms with Gasteiger partial charge in [-0.2, -0.15) is 0 Å². The zero-order chi connectivity index (χ0) is 33.2. The third kappa shape index (κ3) is 4.74. The van der Waals surface area contributed by atoms with Crippen molar-refractivity contribution in [1.82, 2.24) is 0 Å². The van der Waals surface area contributed by atoms with Crippen LogP contribution in [0.15, 0.2) is 176 Å². The molecule has 0 radical (unpaired) electrons. The summed E-state index contributed by atoms with van der Waals surface area (Å²) in [5.74, 6) is 0. The van der Waals surface area contributed by atoms with Crippen LogP contribution in [0, 0.1) is 0 Å². The quantitative estimate of drug-likeness (QED) is 0.124. The Morgan fingerprint density at radius 3 is 1.62 bits per heavy atom. The van der Waals surface area contributed by atoms with E-state index >= 15 is 0 Å². The van der Waals surface area contributed by atoms with Crippen molar-refractivity contribution < 1.29 is 0 Å². The molecule has 0 aliphatic carbocycles. The van der Waals surface area contributed by atoms with E-state index in [4.69, 9.17) is 0 Å². The summed E-state index contributed by atoms with van der Waals surface area (Å²) >= 11 is -0.465. The van der Waals surface area contributed by atoms with Gasteiger partial charge in [0.1, 0.15) is 0 Å². The molecule has 0 saturated heterocycles. The molecule has 0 amide bonds. The number of rotatable bonds is 4. The Hall–Kier alpha value is -5.15. The van der Waals surface area contributed by atoms with Gasteiger partial charge in [-0.05, 0) is 0 Å². The Labute approximate surface area is 307 Å². The van der Waals surface area contributed by atoms with Gasteiger partial charge in [0.05, 0.1) is 0 Å². The van der Waals surface area contributed by atoms with E-state index in [2.05, 4.69) is 176 Å². The van der Waals surface area contributed by atoms with E-state index in [1.54, 1.807) is 8.79 Å². The van der Waals surface area contributed by atoms with Crippen molar-refractivity contribution in [3.05, 3.63) is 176 Å². The second-order valence-electron chi connectivity index (χ2n) is 13.6. The second kappa shape index (κ2) is 12.0. The standard InChI is InChI=1S/C48H34Ge2/c49-44-23-7-5-16-37(44)34-15-4-3-14-33(34)35-18-9-20-39-42(35)29-43-36(38-22-11-25-46-48(38)41-17-6-8-24-45(41)50-46)19-10-21-40(43)47(39)32-27-26-30-12-1-2-13-31(30)28-32/h1-29H,50H2,49H3. The van der Waals surface area contributed by atoms with Crippen molar-refractivity contribution in [1.29, 1.82) is 0 Å². The zero-order valence-corrected chi connectivity index (χ0v) is 35.1. The summed E-state index contributed by atoms with van der Waals surface area (Å²) in [6.45, 7) is 0. The molecule has 0 unspecified atom stereocenters. The van der Waals surface area contributed by atoms with Gasteiger partial charge in [0.25, 0.3) is 0 Å². The fourth-order valence-electron chi connectivity index (χ4n) is 8.53. The van der Waals surface area contributed by atoms with Crippen LogP contribution in [0.4, 0.5) is 0 Å². The van der Waals surface area contributed by atoms with Gasteiger partial charge >= 0.3 is 303 Å². The molecule has 0 nitrogen and oxygen atoms in total. The van der Waals surface area contributed by atoms with E-state index < -0.39 is 15.4 Å². The third-order valence-corrected chi connectivity index (χ3v) is 16.8. The molecule has 50 heavy (non-hydrogen) atoms. The van der Waals surface area contributed by atoms with Gasteiger partial charge in [0, 0.05) is 0 Å². The maximum absolute atomic E-state index is 2.51. The summed E-state index contributed by atoms with van der Waals surface area (Å²) in [5.41, 5.74) is 13.4. The fourth-order valence-corrected chi connectivity index (χ4v) is 14.0. The average Bonchev–Trinajstić information content (AvgIpc) is 3.56. The monoisotopic (exact) mass is 758 g/mol. The van der Waals surface area contributed by atoms with Gasteiger partial charge in [0.2, 0.25) is 0 Å². The third-order valence-electron chi connectivity index (χ3n) is 10.8. The van der Waals surface area contributed by atoms with Crippen LogP contribution in [0.1, 0.15) is 0 Å². The summed E-state index contributed by atoms with van der Waals surface area (Å²) in [7, 11) is 0. The van der Waals surface area contributed by atoms with Gasteiger partial charge in [-0.3, -0.25) is 0 Å². The summed E-state index contributed by atoms with van der Waals surface area (Å²) < 4.78 is 4.67. The van der Waals surface area contributed by atoms with E-state index in [1.807, 2.05) is 0 Å². The molecule has 9 aromatic carbocycles. The van der Waals surface area contributed by atoms with Gasteiger partial charge < -0.3 is 0 Å².